The fourth-order valence-electron chi connectivity index (χ4n) is 4.42. The lowest BCUT2D eigenvalue weighted by Crippen LogP contribution is -2.46. The third kappa shape index (κ3) is 5.57. The normalized spacial score (nSPS) is 19.0. The highest BCUT2D eigenvalue weighted by atomic mass is 16.1. The Labute approximate surface area is 174 Å². The van der Waals surface area contributed by atoms with Crippen LogP contribution in [0.25, 0.3) is 0 Å². The average Bonchev–Trinajstić information content (AvgIpc) is 3.04. The highest BCUT2D eigenvalue weighted by Gasteiger charge is 2.20. The minimum atomic E-state index is 0.0222. The smallest absolute Gasteiger partial charge is 0.253 e. The van der Waals surface area contributed by atoms with Crippen LogP contribution < -0.4 is 10.2 Å². The Bertz CT molecular complexity index is 778. The molecule has 1 aromatic carbocycles. The molecule has 2 fully saturated rings. The Morgan fingerprint density at radius 3 is 2.41 bits per heavy atom. The number of carbonyl (C=O) groups excluding carboxylic acids is 1. The van der Waals surface area contributed by atoms with Crippen LogP contribution in [0.4, 0.5) is 5.69 Å². The van der Waals surface area contributed by atoms with E-state index in [-0.39, 0.29) is 5.91 Å². The van der Waals surface area contributed by atoms with Crippen LogP contribution in [-0.4, -0.2) is 48.0 Å². The first kappa shape index (κ1) is 19.9. The summed E-state index contributed by atoms with van der Waals surface area (Å²) in [5, 5.41) is 3.23. The Kier molecular flexibility index (Phi) is 6.78. The molecule has 1 saturated heterocycles. The van der Waals surface area contributed by atoms with Crippen molar-refractivity contribution in [2.45, 2.75) is 51.1 Å². The van der Waals surface area contributed by atoms with E-state index in [4.69, 9.17) is 0 Å². The average molecular weight is 393 g/mol. The maximum Gasteiger partial charge on any atom is 0.253 e. The van der Waals surface area contributed by atoms with E-state index in [1.807, 2.05) is 12.3 Å². The van der Waals surface area contributed by atoms with Crippen molar-refractivity contribution in [3.05, 3.63) is 59.9 Å². The predicted octanol–water partition coefficient (Wildman–Crippen LogP) is 3.86. The lowest BCUT2D eigenvalue weighted by Gasteiger charge is -2.36. The van der Waals surface area contributed by atoms with Gasteiger partial charge in [0.1, 0.15) is 0 Å². The van der Waals surface area contributed by atoms with E-state index in [2.05, 4.69) is 50.4 Å². The number of hydrogen-bond acceptors (Lipinski definition) is 4. The van der Waals surface area contributed by atoms with Gasteiger partial charge in [-0.2, -0.15) is 0 Å². The molecule has 154 valence electrons. The molecule has 4 rings (SSSR count). The Balaban J connectivity index is 1.32. The minimum absolute atomic E-state index is 0.0222. The number of rotatable bonds is 5. The number of benzene rings is 1. The summed E-state index contributed by atoms with van der Waals surface area (Å²) in [6.45, 7) is 4.96. The van der Waals surface area contributed by atoms with Crippen LogP contribution in [0.3, 0.4) is 0 Å². The molecule has 1 aromatic heterocycles. The number of aromatic nitrogens is 1. The van der Waals surface area contributed by atoms with Crippen molar-refractivity contribution in [2.75, 3.05) is 31.1 Å². The lowest BCUT2D eigenvalue weighted by molar-refractivity contribution is 0.0933. The van der Waals surface area contributed by atoms with E-state index < -0.39 is 0 Å². The van der Waals surface area contributed by atoms with Gasteiger partial charge in [-0.05, 0) is 24.5 Å². The van der Waals surface area contributed by atoms with Gasteiger partial charge in [-0.15, -0.1) is 0 Å². The summed E-state index contributed by atoms with van der Waals surface area (Å²) in [6, 6.07) is 13.0. The number of amides is 1. The quantitative estimate of drug-likeness (QED) is 0.785. The fraction of sp³-hybridized carbons (Fsp3) is 0.500. The molecule has 0 atom stereocenters. The third-order valence-electron chi connectivity index (χ3n) is 6.16. The molecule has 1 N–H and O–H groups in total. The molecule has 2 heterocycles. The summed E-state index contributed by atoms with van der Waals surface area (Å²) in [5.41, 5.74) is 3.09. The topological polar surface area (TPSA) is 48.5 Å². The summed E-state index contributed by atoms with van der Waals surface area (Å²) in [5.74, 6) is 0.0222. The van der Waals surface area contributed by atoms with E-state index >= 15 is 0 Å². The molecule has 1 amide bonds. The molecule has 5 nitrogen and oxygen atoms in total. The Morgan fingerprint density at radius 2 is 1.69 bits per heavy atom. The van der Waals surface area contributed by atoms with Crippen LogP contribution in [0.5, 0.6) is 0 Å². The number of pyridine rings is 1. The van der Waals surface area contributed by atoms with Crippen molar-refractivity contribution < 1.29 is 4.79 Å². The maximum atomic E-state index is 12.7. The molecule has 2 aromatic rings. The summed E-state index contributed by atoms with van der Waals surface area (Å²) >= 11 is 0. The second kappa shape index (κ2) is 9.88. The summed E-state index contributed by atoms with van der Waals surface area (Å²) < 4.78 is 0. The van der Waals surface area contributed by atoms with Gasteiger partial charge in [-0.1, -0.05) is 56.0 Å². The minimum Gasteiger partial charge on any atom is -0.368 e. The first-order chi connectivity index (χ1) is 14.3. The lowest BCUT2D eigenvalue weighted by atomic mass is 10.1. The largest absolute Gasteiger partial charge is 0.368 e. The first-order valence-corrected chi connectivity index (χ1v) is 11.0. The van der Waals surface area contributed by atoms with Crippen molar-refractivity contribution in [1.82, 2.24) is 15.2 Å². The van der Waals surface area contributed by atoms with E-state index in [9.17, 15) is 4.79 Å². The molecular weight excluding hydrogens is 360 g/mol. The fourth-order valence-corrected chi connectivity index (χ4v) is 4.42. The van der Waals surface area contributed by atoms with Gasteiger partial charge in [0, 0.05) is 45.0 Å². The van der Waals surface area contributed by atoms with E-state index in [1.165, 1.54) is 31.2 Å². The molecule has 0 bridgehead atoms. The van der Waals surface area contributed by atoms with Crippen molar-refractivity contribution in [1.29, 1.82) is 0 Å². The maximum absolute atomic E-state index is 12.7. The number of hydrogen-bond donors (Lipinski definition) is 1. The first-order valence-electron chi connectivity index (χ1n) is 11.0. The molecule has 1 aliphatic heterocycles. The summed E-state index contributed by atoms with van der Waals surface area (Å²) in [7, 11) is 0. The van der Waals surface area contributed by atoms with Crippen molar-refractivity contribution in [3.8, 4) is 0 Å². The highest BCUT2D eigenvalue weighted by Crippen LogP contribution is 2.20. The number of anilines is 1. The molecule has 29 heavy (non-hydrogen) atoms. The molecule has 2 aliphatic rings. The standard InChI is InChI=1S/C24H32N4O/c29-24(26-22-10-6-1-2-7-11-22)21-16-23(18-25-17-21)28-14-12-27(13-15-28)19-20-8-4-3-5-9-20/h3-5,8-9,16-18,22H,1-2,6-7,10-15,19H2,(H,26,29). The zero-order valence-electron chi connectivity index (χ0n) is 17.2. The number of nitrogens with one attached hydrogen (secondary N) is 1. The molecule has 1 saturated carbocycles. The summed E-state index contributed by atoms with van der Waals surface area (Å²) in [6.07, 6.45) is 10.8. The van der Waals surface area contributed by atoms with Gasteiger partial charge >= 0.3 is 0 Å². The van der Waals surface area contributed by atoms with Crippen molar-refractivity contribution >= 4 is 11.6 Å². The molecule has 0 unspecified atom stereocenters. The Morgan fingerprint density at radius 1 is 0.966 bits per heavy atom. The van der Waals surface area contributed by atoms with Gasteiger partial charge in [-0.3, -0.25) is 14.7 Å². The van der Waals surface area contributed by atoms with Gasteiger partial charge in [0.15, 0.2) is 0 Å². The summed E-state index contributed by atoms with van der Waals surface area (Å²) in [4.78, 5) is 21.9. The van der Waals surface area contributed by atoms with Crippen LogP contribution in [0.1, 0.15) is 54.4 Å². The van der Waals surface area contributed by atoms with Crippen LogP contribution in [0.15, 0.2) is 48.8 Å². The second-order valence-corrected chi connectivity index (χ2v) is 8.34. The highest BCUT2D eigenvalue weighted by molar-refractivity contribution is 5.95. The Hall–Kier alpha value is -2.40. The number of carbonyl (C=O) groups is 1. The zero-order chi connectivity index (χ0) is 19.9. The van der Waals surface area contributed by atoms with E-state index in [0.29, 0.717) is 11.6 Å². The number of piperazine rings is 1. The molecular formula is C24H32N4O. The van der Waals surface area contributed by atoms with Crippen LogP contribution in [0.2, 0.25) is 0 Å². The molecule has 0 spiro atoms. The SMILES string of the molecule is O=C(NC1CCCCCC1)c1cncc(N2CCN(Cc3ccccc3)CC2)c1. The third-order valence-corrected chi connectivity index (χ3v) is 6.16. The second-order valence-electron chi connectivity index (χ2n) is 8.34. The monoisotopic (exact) mass is 392 g/mol. The van der Waals surface area contributed by atoms with Crippen LogP contribution in [0, 0.1) is 0 Å². The van der Waals surface area contributed by atoms with E-state index in [1.54, 1.807) is 6.20 Å². The zero-order valence-corrected chi connectivity index (χ0v) is 17.2. The van der Waals surface area contributed by atoms with Gasteiger partial charge < -0.3 is 10.2 Å². The molecule has 5 heteroatoms. The van der Waals surface area contributed by atoms with Crippen LogP contribution in [-0.2, 0) is 6.54 Å². The van der Waals surface area contributed by atoms with Gasteiger partial charge in [0.05, 0.1) is 17.4 Å². The molecule has 1 aliphatic carbocycles. The van der Waals surface area contributed by atoms with E-state index in [0.717, 1.165) is 51.3 Å². The van der Waals surface area contributed by atoms with Gasteiger partial charge in [0.25, 0.3) is 5.91 Å². The van der Waals surface area contributed by atoms with Gasteiger partial charge in [-0.25, -0.2) is 0 Å². The predicted molar refractivity (Wildman–Crippen MR) is 117 cm³/mol. The van der Waals surface area contributed by atoms with Crippen molar-refractivity contribution in [3.63, 3.8) is 0 Å². The van der Waals surface area contributed by atoms with Crippen LogP contribution >= 0.6 is 0 Å². The molecule has 0 radical (unpaired) electrons. The number of nitrogens with zero attached hydrogens (tertiary/aromatic N) is 3. The van der Waals surface area contributed by atoms with Gasteiger partial charge in [0.2, 0.25) is 0 Å². The van der Waals surface area contributed by atoms with Crippen molar-refractivity contribution in [2.24, 2.45) is 0 Å².